The normalized spacial score (nSPS) is 11.8. The number of hydrogen-bond acceptors (Lipinski definition) is 2. The van der Waals surface area contributed by atoms with Crippen LogP contribution in [0.15, 0.2) is 53.0 Å². The van der Waals surface area contributed by atoms with Gasteiger partial charge in [0.25, 0.3) is 0 Å². The summed E-state index contributed by atoms with van der Waals surface area (Å²) < 4.78 is 14.0. The molecule has 0 radical (unpaired) electrons. The Morgan fingerprint density at radius 1 is 1.15 bits per heavy atom. The van der Waals surface area contributed by atoms with Crippen LogP contribution in [0.3, 0.4) is 0 Å². The number of anilines is 2. The molecule has 20 heavy (non-hydrogen) atoms. The van der Waals surface area contributed by atoms with Crippen LogP contribution in [0.25, 0.3) is 0 Å². The van der Waals surface area contributed by atoms with E-state index in [9.17, 15) is 9.18 Å². The molecular formula is C15H14BrFN2O. The van der Waals surface area contributed by atoms with Gasteiger partial charge in [-0.1, -0.05) is 22.0 Å². The van der Waals surface area contributed by atoms with E-state index in [0.717, 1.165) is 10.2 Å². The van der Waals surface area contributed by atoms with Crippen molar-refractivity contribution in [3.8, 4) is 0 Å². The van der Waals surface area contributed by atoms with Crippen molar-refractivity contribution in [1.29, 1.82) is 0 Å². The largest absolute Gasteiger partial charge is 0.374 e. The summed E-state index contributed by atoms with van der Waals surface area (Å²) in [6, 6.07) is 12.9. The van der Waals surface area contributed by atoms with Crippen molar-refractivity contribution in [2.24, 2.45) is 0 Å². The van der Waals surface area contributed by atoms with Gasteiger partial charge in [0.05, 0.1) is 0 Å². The van der Waals surface area contributed by atoms with Crippen LogP contribution in [-0.2, 0) is 4.79 Å². The minimum Gasteiger partial charge on any atom is -0.374 e. The Morgan fingerprint density at radius 2 is 1.85 bits per heavy atom. The highest BCUT2D eigenvalue weighted by Gasteiger charge is 2.12. The number of hydrogen-bond donors (Lipinski definition) is 2. The third-order valence-electron chi connectivity index (χ3n) is 2.71. The lowest BCUT2D eigenvalue weighted by atomic mass is 10.2. The van der Waals surface area contributed by atoms with Crippen LogP contribution in [0.4, 0.5) is 15.8 Å². The topological polar surface area (TPSA) is 41.1 Å². The van der Waals surface area contributed by atoms with Gasteiger partial charge < -0.3 is 10.6 Å². The van der Waals surface area contributed by atoms with Crippen molar-refractivity contribution >= 4 is 33.2 Å². The van der Waals surface area contributed by atoms with E-state index >= 15 is 0 Å². The van der Waals surface area contributed by atoms with Crippen LogP contribution in [-0.4, -0.2) is 11.9 Å². The van der Waals surface area contributed by atoms with E-state index in [1.807, 2.05) is 24.3 Å². The second-order valence-corrected chi connectivity index (χ2v) is 5.29. The van der Waals surface area contributed by atoms with E-state index in [2.05, 4.69) is 26.6 Å². The summed E-state index contributed by atoms with van der Waals surface area (Å²) in [4.78, 5) is 12.0. The SMILES string of the molecule is C[C@H](Nc1ccc(Br)cc1)C(=O)Nc1cccc(F)c1. The third kappa shape index (κ3) is 4.06. The maximum atomic E-state index is 13.0. The van der Waals surface area contributed by atoms with Crippen molar-refractivity contribution in [2.45, 2.75) is 13.0 Å². The fraction of sp³-hybridized carbons (Fsp3) is 0.133. The summed E-state index contributed by atoms with van der Waals surface area (Å²) >= 11 is 3.35. The van der Waals surface area contributed by atoms with Gasteiger partial charge in [0.1, 0.15) is 11.9 Å². The molecule has 104 valence electrons. The fourth-order valence-corrected chi connectivity index (χ4v) is 1.94. The highest BCUT2D eigenvalue weighted by molar-refractivity contribution is 9.10. The number of amides is 1. The lowest BCUT2D eigenvalue weighted by Gasteiger charge is -2.15. The molecule has 2 N–H and O–H groups in total. The maximum Gasteiger partial charge on any atom is 0.246 e. The number of halogens is 2. The standard InChI is InChI=1S/C15H14BrFN2O/c1-10(18-13-7-5-11(16)6-8-13)15(20)19-14-4-2-3-12(17)9-14/h2-10,18H,1H3,(H,19,20)/t10-/m0/s1. The molecular weight excluding hydrogens is 323 g/mol. The van der Waals surface area contributed by atoms with Gasteiger partial charge in [-0.15, -0.1) is 0 Å². The van der Waals surface area contributed by atoms with Crippen LogP contribution in [0.2, 0.25) is 0 Å². The molecule has 1 amide bonds. The third-order valence-corrected chi connectivity index (χ3v) is 3.24. The molecule has 0 fully saturated rings. The van der Waals surface area contributed by atoms with E-state index in [1.54, 1.807) is 19.1 Å². The molecule has 3 nitrogen and oxygen atoms in total. The zero-order valence-electron chi connectivity index (χ0n) is 10.9. The Hall–Kier alpha value is -1.88. The van der Waals surface area contributed by atoms with Gasteiger partial charge in [-0.05, 0) is 49.4 Å². The van der Waals surface area contributed by atoms with E-state index in [4.69, 9.17) is 0 Å². The second-order valence-electron chi connectivity index (χ2n) is 4.37. The Balaban J connectivity index is 1.96. The van der Waals surface area contributed by atoms with E-state index in [0.29, 0.717) is 5.69 Å². The number of nitrogens with one attached hydrogen (secondary N) is 2. The zero-order valence-corrected chi connectivity index (χ0v) is 12.4. The molecule has 2 rings (SSSR count). The molecule has 2 aromatic rings. The fourth-order valence-electron chi connectivity index (χ4n) is 1.68. The molecule has 0 aliphatic heterocycles. The zero-order chi connectivity index (χ0) is 14.5. The number of rotatable bonds is 4. The quantitative estimate of drug-likeness (QED) is 0.885. The molecule has 0 saturated carbocycles. The number of carbonyl (C=O) groups excluding carboxylic acids is 1. The summed E-state index contributed by atoms with van der Waals surface area (Å²) in [5, 5.41) is 5.74. The second kappa shape index (κ2) is 6.52. The first-order valence-electron chi connectivity index (χ1n) is 6.13. The Labute approximate surface area is 125 Å². The number of carbonyl (C=O) groups is 1. The van der Waals surface area contributed by atoms with Crippen LogP contribution in [0.5, 0.6) is 0 Å². The van der Waals surface area contributed by atoms with Crippen molar-refractivity contribution in [3.63, 3.8) is 0 Å². The molecule has 0 heterocycles. The lowest BCUT2D eigenvalue weighted by molar-refractivity contribution is -0.116. The molecule has 0 aliphatic rings. The first kappa shape index (κ1) is 14.5. The average molecular weight is 337 g/mol. The molecule has 1 atom stereocenters. The first-order valence-corrected chi connectivity index (χ1v) is 6.92. The minimum atomic E-state index is -0.431. The molecule has 2 aromatic carbocycles. The summed E-state index contributed by atoms with van der Waals surface area (Å²) in [6.45, 7) is 1.75. The Morgan fingerprint density at radius 3 is 2.50 bits per heavy atom. The summed E-state index contributed by atoms with van der Waals surface area (Å²) in [7, 11) is 0. The summed E-state index contributed by atoms with van der Waals surface area (Å²) in [5.41, 5.74) is 1.29. The van der Waals surface area contributed by atoms with Crippen LogP contribution >= 0.6 is 15.9 Å². The van der Waals surface area contributed by atoms with Crippen LogP contribution < -0.4 is 10.6 Å². The lowest BCUT2D eigenvalue weighted by Crippen LogP contribution is -2.31. The summed E-state index contributed by atoms with van der Waals surface area (Å²) in [5.74, 6) is -0.602. The van der Waals surface area contributed by atoms with Crippen LogP contribution in [0, 0.1) is 5.82 Å². The molecule has 0 spiro atoms. The Bertz CT molecular complexity index is 601. The number of benzene rings is 2. The Kier molecular flexibility index (Phi) is 4.74. The van der Waals surface area contributed by atoms with E-state index < -0.39 is 6.04 Å². The molecule has 0 aliphatic carbocycles. The predicted molar refractivity (Wildman–Crippen MR) is 82.3 cm³/mol. The van der Waals surface area contributed by atoms with Gasteiger partial charge in [0.15, 0.2) is 0 Å². The van der Waals surface area contributed by atoms with Gasteiger partial charge in [0, 0.05) is 15.8 Å². The molecule has 0 saturated heterocycles. The van der Waals surface area contributed by atoms with E-state index in [1.165, 1.54) is 12.1 Å². The van der Waals surface area contributed by atoms with Gasteiger partial charge in [-0.2, -0.15) is 0 Å². The molecule has 0 bridgehead atoms. The van der Waals surface area contributed by atoms with E-state index in [-0.39, 0.29) is 11.7 Å². The highest BCUT2D eigenvalue weighted by atomic mass is 79.9. The van der Waals surface area contributed by atoms with Crippen molar-refractivity contribution in [3.05, 3.63) is 58.8 Å². The van der Waals surface area contributed by atoms with Crippen LogP contribution in [0.1, 0.15) is 6.92 Å². The maximum absolute atomic E-state index is 13.0. The molecule has 0 aromatic heterocycles. The first-order chi connectivity index (χ1) is 9.54. The van der Waals surface area contributed by atoms with Gasteiger partial charge in [-0.25, -0.2) is 4.39 Å². The molecule has 5 heteroatoms. The summed E-state index contributed by atoms with van der Waals surface area (Å²) in [6.07, 6.45) is 0. The van der Waals surface area contributed by atoms with Gasteiger partial charge >= 0.3 is 0 Å². The van der Waals surface area contributed by atoms with Crippen molar-refractivity contribution < 1.29 is 9.18 Å². The van der Waals surface area contributed by atoms with Crippen molar-refractivity contribution in [2.75, 3.05) is 10.6 Å². The van der Waals surface area contributed by atoms with Gasteiger partial charge in [0.2, 0.25) is 5.91 Å². The highest BCUT2D eigenvalue weighted by Crippen LogP contribution is 2.15. The van der Waals surface area contributed by atoms with Crippen molar-refractivity contribution in [1.82, 2.24) is 0 Å². The average Bonchev–Trinajstić information content (AvgIpc) is 2.41. The molecule has 0 unspecified atom stereocenters. The predicted octanol–water partition coefficient (Wildman–Crippen LogP) is 4.03. The monoisotopic (exact) mass is 336 g/mol. The van der Waals surface area contributed by atoms with Gasteiger partial charge in [-0.3, -0.25) is 4.79 Å². The minimum absolute atomic E-state index is 0.224. The smallest absolute Gasteiger partial charge is 0.246 e.